The molecule has 0 aromatic heterocycles. The van der Waals surface area contributed by atoms with E-state index in [1.54, 1.807) is 4.90 Å². The highest BCUT2D eigenvalue weighted by Gasteiger charge is 2.23. The summed E-state index contributed by atoms with van der Waals surface area (Å²) in [6, 6.07) is 9.97. The summed E-state index contributed by atoms with van der Waals surface area (Å²) in [5.41, 5.74) is 2.42. The van der Waals surface area contributed by atoms with E-state index in [0.717, 1.165) is 6.42 Å². The zero-order valence-corrected chi connectivity index (χ0v) is 12.9. The molecule has 22 heavy (non-hydrogen) atoms. The molecule has 5 heteroatoms. The van der Waals surface area contributed by atoms with Crippen LogP contribution in [0, 0.1) is 18.3 Å². The van der Waals surface area contributed by atoms with Crippen LogP contribution in [0.25, 0.3) is 0 Å². The molecule has 0 bridgehead atoms. The van der Waals surface area contributed by atoms with Gasteiger partial charge in [-0.3, -0.25) is 9.59 Å². The largest absolute Gasteiger partial charge is 0.339 e. The van der Waals surface area contributed by atoms with E-state index in [1.807, 2.05) is 23.1 Å². The van der Waals surface area contributed by atoms with E-state index in [9.17, 15) is 9.59 Å². The van der Waals surface area contributed by atoms with E-state index in [-0.39, 0.29) is 18.2 Å². The number of hydrogen-bond donors (Lipinski definition) is 0. The minimum absolute atomic E-state index is 0.0821. The Morgan fingerprint density at radius 2 is 1.68 bits per heavy atom. The lowest BCUT2D eigenvalue weighted by Crippen LogP contribution is -2.50. The van der Waals surface area contributed by atoms with Crippen LogP contribution in [-0.2, 0) is 16.0 Å². The molecule has 1 aliphatic rings. The average molecular weight is 299 g/mol. The van der Waals surface area contributed by atoms with Crippen molar-refractivity contribution in [3.63, 3.8) is 0 Å². The van der Waals surface area contributed by atoms with Gasteiger partial charge in [0.15, 0.2) is 0 Å². The number of rotatable bonds is 4. The highest BCUT2D eigenvalue weighted by molar-refractivity contribution is 5.79. The highest BCUT2D eigenvalue weighted by atomic mass is 16.2. The van der Waals surface area contributed by atoms with E-state index in [1.165, 1.54) is 11.1 Å². The maximum absolute atomic E-state index is 12.3. The van der Waals surface area contributed by atoms with Gasteiger partial charge in [0.2, 0.25) is 11.8 Å². The van der Waals surface area contributed by atoms with Crippen molar-refractivity contribution in [3.8, 4) is 6.07 Å². The van der Waals surface area contributed by atoms with Gasteiger partial charge in [-0.2, -0.15) is 5.26 Å². The predicted molar refractivity (Wildman–Crippen MR) is 82.9 cm³/mol. The van der Waals surface area contributed by atoms with Crippen molar-refractivity contribution in [3.05, 3.63) is 35.4 Å². The molecule has 2 amide bonds. The first-order chi connectivity index (χ1) is 10.6. The lowest BCUT2D eigenvalue weighted by atomic mass is 10.0. The van der Waals surface area contributed by atoms with E-state index < -0.39 is 0 Å². The first-order valence-corrected chi connectivity index (χ1v) is 7.59. The Balaban J connectivity index is 1.79. The molecule has 0 radical (unpaired) electrons. The van der Waals surface area contributed by atoms with Gasteiger partial charge < -0.3 is 9.80 Å². The normalized spacial score (nSPS) is 14.5. The molecule has 1 saturated heterocycles. The van der Waals surface area contributed by atoms with Gasteiger partial charge in [0.1, 0.15) is 6.42 Å². The molecule has 2 rings (SSSR count). The molecule has 0 spiro atoms. The number of piperazine rings is 1. The molecular formula is C17H21N3O2. The van der Waals surface area contributed by atoms with Crippen LogP contribution in [-0.4, -0.2) is 47.8 Å². The third-order valence-electron chi connectivity index (χ3n) is 4.08. The van der Waals surface area contributed by atoms with Crippen LogP contribution in [0.1, 0.15) is 24.0 Å². The van der Waals surface area contributed by atoms with E-state index in [2.05, 4.69) is 19.1 Å². The Hall–Kier alpha value is -2.35. The Morgan fingerprint density at radius 1 is 1.09 bits per heavy atom. The number of benzene rings is 1. The smallest absolute Gasteiger partial charge is 0.236 e. The molecule has 5 nitrogen and oxygen atoms in total. The maximum atomic E-state index is 12.3. The lowest BCUT2D eigenvalue weighted by molar-refractivity contribution is -0.139. The Morgan fingerprint density at radius 3 is 2.27 bits per heavy atom. The van der Waals surface area contributed by atoms with E-state index >= 15 is 0 Å². The fraction of sp³-hybridized carbons (Fsp3) is 0.471. The fourth-order valence-corrected chi connectivity index (χ4v) is 2.67. The quantitative estimate of drug-likeness (QED) is 0.846. The number of carbonyl (C=O) groups is 2. The average Bonchev–Trinajstić information content (AvgIpc) is 2.54. The van der Waals surface area contributed by atoms with Gasteiger partial charge in [0.05, 0.1) is 6.07 Å². The van der Waals surface area contributed by atoms with Crippen LogP contribution in [0.3, 0.4) is 0 Å². The van der Waals surface area contributed by atoms with Crippen molar-refractivity contribution in [2.45, 2.75) is 26.2 Å². The summed E-state index contributed by atoms with van der Waals surface area (Å²) in [4.78, 5) is 27.4. The minimum Gasteiger partial charge on any atom is -0.339 e. The zero-order valence-electron chi connectivity index (χ0n) is 12.9. The molecule has 0 aliphatic carbocycles. The second-order valence-electron chi connectivity index (χ2n) is 5.52. The molecule has 1 aromatic carbocycles. The SMILES string of the molecule is Cc1ccccc1CCC(=O)N1CCN(C(=O)CC#N)CC1. The molecular weight excluding hydrogens is 278 g/mol. The number of nitriles is 1. The first kappa shape index (κ1) is 16.0. The summed E-state index contributed by atoms with van der Waals surface area (Å²) in [6.07, 6.45) is 1.16. The number of amides is 2. The maximum Gasteiger partial charge on any atom is 0.236 e. The topological polar surface area (TPSA) is 64.4 Å². The van der Waals surface area contributed by atoms with Crippen LogP contribution in [0.5, 0.6) is 0 Å². The standard InChI is InChI=1S/C17H21N3O2/c1-14-4-2-3-5-15(14)6-7-16(21)19-10-12-20(13-11-19)17(22)8-9-18/h2-5H,6-8,10-13H2,1H3. The molecule has 0 N–H and O–H groups in total. The Labute approximate surface area is 131 Å². The van der Waals surface area contributed by atoms with Gasteiger partial charge in [-0.05, 0) is 24.5 Å². The number of nitrogens with zero attached hydrogens (tertiary/aromatic N) is 3. The summed E-state index contributed by atoms with van der Waals surface area (Å²) in [5, 5.41) is 8.55. The van der Waals surface area contributed by atoms with Crippen molar-refractivity contribution in [2.75, 3.05) is 26.2 Å². The Kier molecular flexibility index (Phi) is 5.54. The monoisotopic (exact) mass is 299 g/mol. The van der Waals surface area contributed by atoms with Crippen LogP contribution >= 0.6 is 0 Å². The molecule has 1 fully saturated rings. The summed E-state index contributed by atoms with van der Waals surface area (Å²) < 4.78 is 0. The van der Waals surface area contributed by atoms with Crippen LogP contribution < -0.4 is 0 Å². The van der Waals surface area contributed by atoms with Crippen molar-refractivity contribution in [1.29, 1.82) is 5.26 Å². The van der Waals surface area contributed by atoms with Gasteiger partial charge >= 0.3 is 0 Å². The zero-order chi connectivity index (χ0) is 15.9. The molecule has 0 atom stereocenters. The van der Waals surface area contributed by atoms with Crippen molar-refractivity contribution >= 4 is 11.8 Å². The summed E-state index contributed by atoms with van der Waals surface area (Å²) >= 11 is 0. The van der Waals surface area contributed by atoms with Crippen LogP contribution in [0.4, 0.5) is 0 Å². The van der Waals surface area contributed by atoms with Crippen LogP contribution in [0.2, 0.25) is 0 Å². The van der Waals surface area contributed by atoms with Crippen LogP contribution in [0.15, 0.2) is 24.3 Å². The van der Waals surface area contributed by atoms with Gasteiger partial charge in [-0.1, -0.05) is 24.3 Å². The summed E-state index contributed by atoms with van der Waals surface area (Å²) in [7, 11) is 0. The number of aryl methyl sites for hydroxylation is 2. The summed E-state index contributed by atoms with van der Waals surface area (Å²) in [5.74, 6) is -0.00913. The predicted octanol–water partition coefficient (Wildman–Crippen LogP) is 1.51. The van der Waals surface area contributed by atoms with Gasteiger partial charge in [0.25, 0.3) is 0 Å². The number of carbonyl (C=O) groups excluding carboxylic acids is 2. The number of hydrogen-bond acceptors (Lipinski definition) is 3. The van der Waals surface area contributed by atoms with E-state index in [0.29, 0.717) is 32.6 Å². The summed E-state index contributed by atoms with van der Waals surface area (Å²) in [6.45, 7) is 4.22. The molecule has 0 saturated carbocycles. The molecule has 116 valence electrons. The van der Waals surface area contributed by atoms with Gasteiger partial charge in [-0.25, -0.2) is 0 Å². The third kappa shape index (κ3) is 4.08. The molecule has 1 heterocycles. The Bertz CT molecular complexity index is 584. The molecule has 1 aliphatic heterocycles. The van der Waals surface area contributed by atoms with Crippen molar-refractivity contribution < 1.29 is 9.59 Å². The fourth-order valence-electron chi connectivity index (χ4n) is 2.67. The minimum atomic E-state index is -0.144. The van der Waals surface area contributed by atoms with Crippen molar-refractivity contribution in [2.24, 2.45) is 0 Å². The second kappa shape index (κ2) is 7.60. The van der Waals surface area contributed by atoms with Gasteiger partial charge in [0, 0.05) is 32.6 Å². The third-order valence-corrected chi connectivity index (χ3v) is 4.08. The molecule has 0 unspecified atom stereocenters. The lowest BCUT2D eigenvalue weighted by Gasteiger charge is -2.34. The first-order valence-electron chi connectivity index (χ1n) is 7.59. The highest BCUT2D eigenvalue weighted by Crippen LogP contribution is 2.12. The second-order valence-corrected chi connectivity index (χ2v) is 5.52. The van der Waals surface area contributed by atoms with E-state index in [4.69, 9.17) is 5.26 Å². The molecule has 1 aromatic rings. The van der Waals surface area contributed by atoms with Gasteiger partial charge in [-0.15, -0.1) is 0 Å². The van der Waals surface area contributed by atoms with Crippen molar-refractivity contribution in [1.82, 2.24) is 9.80 Å².